The molecule has 1 aromatic carbocycles. The first kappa shape index (κ1) is 20.6. The van der Waals surface area contributed by atoms with E-state index in [2.05, 4.69) is 5.10 Å². The summed E-state index contributed by atoms with van der Waals surface area (Å²) in [5.74, 6) is 0. The van der Waals surface area contributed by atoms with E-state index in [-0.39, 0.29) is 28.1 Å². The average Bonchev–Trinajstić information content (AvgIpc) is 2.57. The quantitative estimate of drug-likeness (QED) is 0.708. The van der Waals surface area contributed by atoms with Crippen LogP contribution in [-0.2, 0) is 27.7 Å². The van der Waals surface area contributed by atoms with Crippen LogP contribution in [0.3, 0.4) is 0 Å². The minimum atomic E-state index is -3.53. The highest BCUT2D eigenvalue weighted by molar-refractivity contribution is 7.89. The molecule has 0 N–H and O–H groups in total. The fraction of sp³-hybridized carbons (Fsp3) is 0.412. The van der Waals surface area contributed by atoms with E-state index in [4.69, 9.17) is 16.3 Å². The van der Waals surface area contributed by atoms with Crippen molar-refractivity contribution in [2.45, 2.75) is 30.9 Å². The average molecular weight is 400 g/mol. The minimum absolute atomic E-state index is 0.232. The molecule has 1 atom stereocenters. The molecule has 0 spiro atoms. The van der Waals surface area contributed by atoms with Crippen molar-refractivity contribution < 1.29 is 13.2 Å². The van der Waals surface area contributed by atoms with Crippen molar-refractivity contribution in [3.05, 3.63) is 57.0 Å². The smallest absolute Gasteiger partial charge is 0.268 e. The van der Waals surface area contributed by atoms with Gasteiger partial charge < -0.3 is 4.74 Å². The van der Waals surface area contributed by atoms with Gasteiger partial charge in [-0.05, 0) is 24.1 Å². The van der Waals surface area contributed by atoms with Crippen LogP contribution < -0.4 is 5.56 Å². The predicted octanol–water partition coefficient (Wildman–Crippen LogP) is 1.71. The van der Waals surface area contributed by atoms with Gasteiger partial charge >= 0.3 is 0 Å². The van der Waals surface area contributed by atoms with Crippen LogP contribution in [0.1, 0.15) is 11.1 Å². The van der Waals surface area contributed by atoms with Gasteiger partial charge in [0.15, 0.2) is 0 Å². The summed E-state index contributed by atoms with van der Waals surface area (Å²) < 4.78 is 32.8. The number of nitrogens with zero attached hydrogens (tertiary/aromatic N) is 3. The SMILES string of the molecule is COC(Cc1ccc(C)c(S(=O)(=O)N(C)C)c1)Cn1ncc(Cl)cc1=O. The summed E-state index contributed by atoms with van der Waals surface area (Å²) in [6, 6.07) is 6.56. The summed E-state index contributed by atoms with van der Waals surface area (Å²) in [5.41, 5.74) is 1.15. The molecular weight excluding hydrogens is 378 g/mol. The lowest BCUT2D eigenvalue weighted by molar-refractivity contribution is 0.0834. The van der Waals surface area contributed by atoms with Crippen LogP contribution in [0.15, 0.2) is 40.2 Å². The van der Waals surface area contributed by atoms with Gasteiger partial charge in [-0.1, -0.05) is 23.7 Å². The highest BCUT2D eigenvalue weighted by Gasteiger charge is 2.21. The zero-order valence-corrected chi connectivity index (χ0v) is 16.7. The van der Waals surface area contributed by atoms with Crippen LogP contribution in [0, 0.1) is 6.92 Å². The van der Waals surface area contributed by atoms with Gasteiger partial charge in [0.2, 0.25) is 10.0 Å². The van der Waals surface area contributed by atoms with Crippen molar-refractivity contribution in [1.82, 2.24) is 14.1 Å². The molecule has 0 fully saturated rings. The predicted molar refractivity (Wildman–Crippen MR) is 100 cm³/mol. The number of benzene rings is 1. The lowest BCUT2D eigenvalue weighted by atomic mass is 10.1. The number of hydrogen-bond donors (Lipinski definition) is 0. The van der Waals surface area contributed by atoms with Gasteiger partial charge in [-0.3, -0.25) is 4.79 Å². The second-order valence-corrected chi connectivity index (χ2v) is 8.70. The highest BCUT2D eigenvalue weighted by Crippen LogP contribution is 2.21. The van der Waals surface area contributed by atoms with Gasteiger partial charge in [0.1, 0.15) is 0 Å². The molecule has 9 heteroatoms. The normalized spacial score (nSPS) is 13.2. The Labute approximate surface area is 158 Å². The number of halogens is 1. The molecule has 142 valence electrons. The zero-order chi connectivity index (χ0) is 19.5. The number of hydrogen-bond acceptors (Lipinski definition) is 5. The Balaban J connectivity index is 2.27. The van der Waals surface area contributed by atoms with E-state index in [0.29, 0.717) is 12.0 Å². The van der Waals surface area contributed by atoms with Crippen LogP contribution >= 0.6 is 11.6 Å². The third kappa shape index (κ3) is 4.70. The van der Waals surface area contributed by atoms with Crippen LogP contribution in [0.5, 0.6) is 0 Å². The second-order valence-electron chi connectivity index (χ2n) is 6.14. The number of methoxy groups -OCH3 is 1. The van der Waals surface area contributed by atoms with Gasteiger partial charge in [0.05, 0.1) is 28.8 Å². The Bertz CT molecular complexity index is 941. The Morgan fingerprint density at radius 2 is 2.00 bits per heavy atom. The summed E-state index contributed by atoms with van der Waals surface area (Å²) in [6.45, 7) is 1.99. The molecule has 1 aromatic heterocycles. The van der Waals surface area contributed by atoms with Crippen LogP contribution in [0.4, 0.5) is 0 Å². The lowest BCUT2D eigenvalue weighted by Gasteiger charge is -2.18. The topological polar surface area (TPSA) is 81.5 Å². The summed E-state index contributed by atoms with van der Waals surface area (Å²) in [7, 11) is 1.00. The molecule has 1 heterocycles. The van der Waals surface area contributed by atoms with Gasteiger partial charge in [-0.25, -0.2) is 17.4 Å². The first-order valence-corrected chi connectivity index (χ1v) is 9.74. The van der Waals surface area contributed by atoms with E-state index in [1.807, 2.05) is 6.07 Å². The van der Waals surface area contributed by atoms with Crippen molar-refractivity contribution in [1.29, 1.82) is 0 Å². The molecule has 0 amide bonds. The minimum Gasteiger partial charge on any atom is -0.379 e. The fourth-order valence-electron chi connectivity index (χ4n) is 2.47. The lowest BCUT2D eigenvalue weighted by Crippen LogP contribution is -2.30. The largest absolute Gasteiger partial charge is 0.379 e. The summed E-state index contributed by atoms with van der Waals surface area (Å²) in [6.07, 6.45) is 1.48. The first-order chi connectivity index (χ1) is 12.1. The molecule has 7 nitrogen and oxygen atoms in total. The van der Waals surface area contributed by atoms with E-state index < -0.39 is 10.0 Å². The molecule has 0 saturated carbocycles. The van der Waals surface area contributed by atoms with Crippen molar-refractivity contribution in [3.63, 3.8) is 0 Å². The third-order valence-corrected chi connectivity index (χ3v) is 6.18. The van der Waals surface area contributed by atoms with Gasteiger partial charge in [0, 0.05) is 33.7 Å². The van der Waals surface area contributed by atoms with E-state index >= 15 is 0 Å². The molecule has 1 unspecified atom stereocenters. The van der Waals surface area contributed by atoms with Gasteiger partial charge in [-0.15, -0.1) is 0 Å². The van der Waals surface area contributed by atoms with Crippen molar-refractivity contribution >= 4 is 21.6 Å². The molecule has 0 aliphatic carbocycles. The molecule has 2 aromatic rings. The number of aryl methyl sites for hydroxylation is 1. The molecule has 0 radical (unpaired) electrons. The Morgan fingerprint density at radius 1 is 1.31 bits per heavy atom. The van der Waals surface area contributed by atoms with E-state index in [9.17, 15) is 13.2 Å². The summed E-state index contributed by atoms with van der Waals surface area (Å²) in [5, 5.41) is 4.27. The van der Waals surface area contributed by atoms with Crippen molar-refractivity contribution in [2.24, 2.45) is 0 Å². The van der Waals surface area contributed by atoms with Crippen LogP contribution in [-0.4, -0.2) is 49.8 Å². The Hall–Kier alpha value is -1.74. The molecule has 0 bridgehead atoms. The molecule has 2 rings (SSSR count). The summed E-state index contributed by atoms with van der Waals surface area (Å²) >= 11 is 5.75. The number of rotatable bonds is 7. The monoisotopic (exact) mass is 399 g/mol. The second kappa shape index (κ2) is 8.30. The molecule has 26 heavy (non-hydrogen) atoms. The van der Waals surface area contributed by atoms with E-state index in [1.54, 1.807) is 19.1 Å². The van der Waals surface area contributed by atoms with E-state index in [0.717, 1.165) is 5.56 Å². The number of sulfonamides is 1. The van der Waals surface area contributed by atoms with Crippen LogP contribution in [0.2, 0.25) is 5.02 Å². The maximum absolute atomic E-state index is 12.5. The Kier molecular flexibility index (Phi) is 6.57. The van der Waals surface area contributed by atoms with Crippen molar-refractivity contribution in [3.8, 4) is 0 Å². The van der Waals surface area contributed by atoms with E-state index in [1.165, 1.54) is 42.5 Å². The van der Waals surface area contributed by atoms with Crippen molar-refractivity contribution in [2.75, 3.05) is 21.2 Å². The highest BCUT2D eigenvalue weighted by atomic mass is 35.5. The fourth-order valence-corrected chi connectivity index (χ4v) is 3.78. The standard InChI is InChI=1S/C17H22ClN3O4S/c1-12-5-6-13(8-16(12)26(23,24)20(2)3)7-15(25-4)11-21-17(22)9-14(18)10-19-21/h5-6,8-10,15H,7,11H2,1-4H3. The molecular formula is C17H22ClN3O4S. The maximum atomic E-state index is 12.5. The molecule has 0 saturated heterocycles. The van der Waals surface area contributed by atoms with Gasteiger partial charge in [-0.2, -0.15) is 5.10 Å². The first-order valence-electron chi connectivity index (χ1n) is 7.92. The van der Waals surface area contributed by atoms with Gasteiger partial charge in [0.25, 0.3) is 5.56 Å². The maximum Gasteiger partial charge on any atom is 0.268 e. The summed E-state index contributed by atoms with van der Waals surface area (Å²) in [4.78, 5) is 12.2. The zero-order valence-electron chi connectivity index (χ0n) is 15.1. The molecule has 0 aliphatic rings. The Morgan fingerprint density at radius 3 is 2.58 bits per heavy atom. The number of aromatic nitrogens is 2. The molecule has 0 aliphatic heterocycles. The number of ether oxygens (including phenoxy) is 1. The third-order valence-electron chi connectivity index (χ3n) is 4.02. The van der Waals surface area contributed by atoms with Crippen LogP contribution in [0.25, 0.3) is 0 Å².